The number of nitrogens with one attached hydrogen (secondary N) is 2. The van der Waals surface area contributed by atoms with Crippen molar-refractivity contribution in [2.75, 3.05) is 6.54 Å². The van der Waals surface area contributed by atoms with E-state index < -0.39 is 12.1 Å². The van der Waals surface area contributed by atoms with Gasteiger partial charge in [0.2, 0.25) is 11.8 Å². The van der Waals surface area contributed by atoms with Crippen LogP contribution in [-0.4, -0.2) is 51.9 Å². The first-order chi connectivity index (χ1) is 11.4. The molecule has 1 aromatic rings. The summed E-state index contributed by atoms with van der Waals surface area (Å²) in [6, 6.07) is 2.54. The van der Waals surface area contributed by atoms with Gasteiger partial charge in [-0.3, -0.25) is 14.4 Å². The number of amides is 3. The highest BCUT2D eigenvalue weighted by atomic mass is 16.2. The monoisotopic (exact) mass is 332 g/mol. The minimum Gasteiger partial charge on any atom is -0.348 e. The molecule has 0 aliphatic carbocycles. The fraction of sp³-hybridized carbons (Fsp3) is 0.588. The quantitative estimate of drug-likeness (QED) is 0.833. The van der Waals surface area contributed by atoms with Gasteiger partial charge < -0.3 is 20.1 Å². The average molecular weight is 332 g/mol. The summed E-state index contributed by atoms with van der Waals surface area (Å²) in [5, 5.41) is 5.82. The Morgan fingerprint density at radius 3 is 2.75 bits per heavy atom. The molecule has 0 bridgehead atoms. The van der Waals surface area contributed by atoms with Crippen LogP contribution in [0.15, 0.2) is 18.3 Å². The van der Waals surface area contributed by atoms with Gasteiger partial charge in [0.25, 0.3) is 5.91 Å². The molecular weight excluding hydrogens is 308 g/mol. The number of aryl methyl sites for hydroxylation is 1. The lowest BCUT2D eigenvalue weighted by Gasteiger charge is -2.45. The molecule has 3 unspecified atom stereocenters. The summed E-state index contributed by atoms with van der Waals surface area (Å²) in [5.41, 5.74) is 0.585. The van der Waals surface area contributed by atoms with Gasteiger partial charge in [-0.15, -0.1) is 0 Å². The minimum atomic E-state index is -0.486. The van der Waals surface area contributed by atoms with Crippen molar-refractivity contribution in [3.05, 3.63) is 24.0 Å². The molecule has 0 spiro atoms. The third kappa shape index (κ3) is 2.90. The Kier molecular flexibility index (Phi) is 4.34. The molecule has 2 aliphatic rings. The van der Waals surface area contributed by atoms with Crippen molar-refractivity contribution >= 4 is 17.7 Å². The van der Waals surface area contributed by atoms with Crippen LogP contribution in [-0.2, 0) is 16.6 Å². The molecule has 2 N–H and O–H groups in total. The summed E-state index contributed by atoms with van der Waals surface area (Å²) in [5.74, 6) is -0.214. The molecule has 24 heavy (non-hydrogen) atoms. The highest BCUT2D eigenvalue weighted by molar-refractivity contribution is 5.97. The predicted molar refractivity (Wildman–Crippen MR) is 88.2 cm³/mol. The number of hydrogen-bond donors (Lipinski definition) is 2. The Balaban J connectivity index is 1.67. The van der Waals surface area contributed by atoms with E-state index in [1.807, 2.05) is 33.2 Å². The molecule has 1 aromatic heterocycles. The fourth-order valence-corrected chi connectivity index (χ4v) is 3.51. The van der Waals surface area contributed by atoms with Gasteiger partial charge in [-0.05, 0) is 30.9 Å². The normalized spacial score (nSPS) is 27.0. The number of piperazine rings is 1. The van der Waals surface area contributed by atoms with E-state index >= 15 is 0 Å². The van der Waals surface area contributed by atoms with Gasteiger partial charge in [0, 0.05) is 25.8 Å². The summed E-state index contributed by atoms with van der Waals surface area (Å²) in [6.07, 6.45) is 2.94. The molecule has 2 saturated heterocycles. The van der Waals surface area contributed by atoms with Crippen molar-refractivity contribution in [1.29, 1.82) is 0 Å². The van der Waals surface area contributed by atoms with Crippen molar-refractivity contribution in [2.45, 2.75) is 44.8 Å². The summed E-state index contributed by atoms with van der Waals surface area (Å²) in [4.78, 5) is 38.9. The summed E-state index contributed by atoms with van der Waals surface area (Å²) in [7, 11) is 1.82. The zero-order valence-corrected chi connectivity index (χ0v) is 14.3. The third-order valence-electron chi connectivity index (χ3n) is 4.93. The van der Waals surface area contributed by atoms with Gasteiger partial charge in [0.05, 0.1) is 0 Å². The SMILES string of the molecule is CC(C)C1NC(=O)C2CC(NC(=O)c3cccn3C)CCN2C1=O. The van der Waals surface area contributed by atoms with E-state index in [-0.39, 0.29) is 29.7 Å². The molecule has 130 valence electrons. The lowest BCUT2D eigenvalue weighted by Crippen LogP contribution is -2.67. The van der Waals surface area contributed by atoms with Crippen LogP contribution in [0.5, 0.6) is 0 Å². The average Bonchev–Trinajstić information content (AvgIpc) is 2.96. The maximum Gasteiger partial charge on any atom is 0.268 e. The van der Waals surface area contributed by atoms with Crippen LogP contribution in [0.3, 0.4) is 0 Å². The summed E-state index contributed by atoms with van der Waals surface area (Å²) >= 11 is 0. The van der Waals surface area contributed by atoms with Gasteiger partial charge in [-0.2, -0.15) is 0 Å². The maximum atomic E-state index is 12.5. The molecule has 7 heteroatoms. The molecular formula is C17H24N4O3. The first-order valence-corrected chi connectivity index (χ1v) is 8.41. The molecule has 0 radical (unpaired) electrons. The number of piperidine rings is 1. The Morgan fingerprint density at radius 1 is 1.38 bits per heavy atom. The zero-order chi connectivity index (χ0) is 17.4. The molecule has 3 heterocycles. The highest BCUT2D eigenvalue weighted by Crippen LogP contribution is 2.24. The first kappa shape index (κ1) is 16.5. The molecule has 2 aliphatic heterocycles. The predicted octanol–water partition coefficient (Wildman–Crippen LogP) is 0.269. The fourth-order valence-electron chi connectivity index (χ4n) is 3.51. The van der Waals surface area contributed by atoms with E-state index in [0.717, 1.165) is 0 Å². The van der Waals surface area contributed by atoms with Crippen LogP contribution in [0.25, 0.3) is 0 Å². The Bertz CT molecular complexity index is 667. The van der Waals surface area contributed by atoms with E-state index in [1.165, 1.54) is 0 Å². The van der Waals surface area contributed by atoms with Crippen molar-refractivity contribution in [3.63, 3.8) is 0 Å². The second kappa shape index (κ2) is 6.30. The van der Waals surface area contributed by atoms with Crippen LogP contribution in [0.1, 0.15) is 37.2 Å². The molecule has 2 fully saturated rings. The van der Waals surface area contributed by atoms with Gasteiger partial charge in [-0.1, -0.05) is 13.8 Å². The third-order valence-corrected chi connectivity index (χ3v) is 4.93. The van der Waals surface area contributed by atoms with E-state index in [4.69, 9.17) is 0 Å². The van der Waals surface area contributed by atoms with Crippen molar-refractivity contribution in [3.8, 4) is 0 Å². The number of carbonyl (C=O) groups excluding carboxylic acids is 3. The van der Waals surface area contributed by atoms with Gasteiger partial charge >= 0.3 is 0 Å². The minimum absolute atomic E-state index is 0.0122. The summed E-state index contributed by atoms with van der Waals surface area (Å²) < 4.78 is 1.76. The number of carbonyl (C=O) groups is 3. The van der Waals surface area contributed by atoms with Crippen LogP contribution < -0.4 is 10.6 Å². The smallest absolute Gasteiger partial charge is 0.268 e. The molecule has 3 amide bonds. The van der Waals surface area contributed by atoms with E-state index in [9.17, 15) is 14.4 Å². The second-order valence-corrected chi connectivity index (χ2v) is 6.98. The molecule has 0 aromatic carbocycles. The van der Waals surface area contributed by atoms with Crippen LogP contribution >= 0.6 is 0 Å². The number of hydrogen-bond acceptors (Lipinski definition) is 3. The maximum absolute atomic E-state index is 12.5. The van der Waals surface area contributed by atoms with Gasteiger partial charge in [0.1, 0.15) is 17.8 Å². The molecule has 3 rings (SSSR count). The van der Waals surface area contributed by atoms with Crippen molar-refractivity contribution in [2.24, 2.45) is 13.0 Å². The second-order valence-electron chi connectivity index (χ2n) is 6.98. The standard InChI is InChI=1S/C17H24N4O3/c1-10(2)14-17(24)21-8-6-11(9-13(21)16(23)19-14)18-15(22)12-5-4-7-20(12)3/h4-5,7,10-11,13-14H,6,8-9H2,1-3H3,(H,18,22)(H,19,23). The van der Waals surface area contributed by atoms with E-state index in [2.05, 4.69) is 10.6 Å². The Hall–Kier alpha value is -2.31. The molecule has 7 nitrogen and oxygen atoms in total. The summed E-state index contributed by atoms with van der Waals surface area (Å²) in [6.45, 7) is 4.35. The molecule has 3 atom stereocenters. The zero-order valence-electron chi connectivity index (χ0n) is 14.3. The Labute approximate surface area is 141 Å². The van der Waals surface area contributed by atoms with Crippen molar-refractivity contribution in [1.82, 2.24) is 20.1 Å². The Morgan fingerprint density at radius 2 is 2.12 bits per heavy atom. The van der Waals surface area contributed by atoms with E-state index in [0.29, 0.717) is 25.1 Å². The van der Waals surface area contributed by atoms with Crippen molar-refractivity contribution < 1.29 is 14.4 Å². The van der Waals surface area contributed by atoms with Gasteiger partial charge in [0.15, 0.2) is 0 Å². The van der Waals surface area contributed by atoms with Crippen LogP contribution in [0.4, 0.5) is 0 Å². The number of rotatable bonds is 3. The van der Waals surface area contributed by atoms with Gasteiger partial charge in [-0.25, -0.2) is 0 Å². The lowest BCUT2D eigenvalue weighted by molar-refractivity contribution is -0.152. The topological polar surface area (TPSA) is 83.4 Å². The lowest BCUT2D eigenvalue weighted by atomic mass is 9.90. The molecule has 0 saturated carbocycles. The largest absolute Gasteiger partial charge is 0.348 e. The van der Waals surface area contributed by atoms with Crippen LogP contribution in [0, 0.1) is 5.92 Å². The van der Waals surface area contributed by atoms with Crippen LogP contribution in [0.2, 0.25) is 0 Å². The number of nitrogens with zero attached hydrogens (tertiary/aromatic N) is 2. The number of fused-ring (bicyclic) bond motifs is 1. The first-order valence-electron chi connectivity index (χ1n) is 8.41. The number of aromatic nitrogens is 1. The highest BCUT2D eigenvalue weighted by Gasteiger charge is 2.44. The van der Waals surface area contributed by atoms with E-state index in [1.54, 1.807) is 15.5 Å².